The highest BCUT2D eigenvalue weighted by Crippen LogP contribution is 2.35. The molecule has 1 aliphatic heterocycles. The number of carbonyl (C=O) groups excluding carboxylic acids is 2. The van der Waals surface area contributed by atoms with Crippen LogP contribution < -0.4 is 14.9 Å². The maximum absolute atomic E-state index is 14.2. The van der Waals surface area contributed by atoms with E-state index in [1.54, 1.807) is 66.6 Å². The van der Waals surface area contributed by atoms with Gasteiger partial charge >= 0.3 is 11.9 Å². The van der Waals surface area contributed by atoms with Gasteiger partial charge in [-0.25, -0.2) is 14.6 Å². The first-order chi connectivity index (χ1) is 22.4. The van der Waals surface area contributed by atoms with Gasteiger partial charge in [0.05, 0.1) is 40.6 Å². The van der Waals surface area contributed by atoms with E-state index < -0.39 is 18.0 Å². The number of nitrogens with zero attached hydrogens (tertiary/aromatic N) is 2. The number of aromatic nitrogens is 1. The SMILES string of the molecule is CCOC(=O)C1=C(c2ccccc2)N=c2s/c(=C\c3ccc(-c4cccc(C(=O)OCC)c4)o3)c(=O)n2[C@@H]1c1ccc(SC)cc1. The summed E-state index contributed by atoms with van der Waals surface area (Å²) < 4.78 is 18.7. The van der Waals surface area contributed by atoms with Gasteiger partial charge in [0, 0.05) is 22.1 Å². The third-order valence-corrected chi connectivity index (χ3v) is 9.09. The fraction of sp³-hybridized carbons (Fsp3) is 0.167. The largest absolute Gasteiger partial charge is 0.463 e. The molecule has 0 bridgehead atoms. The molecule has 1 atom stereocenters. The summed E-state index contributed by atoms with van der Waals surface area (Å²) in [5, 5.41) is 0. The third kappa shape index (κ3) is 6.14. The van der Waals surface area contributed by atoms with Crippen LogP contribution >= 0.6 is 23.1 Å². The molecular formula is C36H30N2O6S2. The second-order valence-electron chi connectivity index (χ2n) is 10.2. The lowest BCUT2D eigenvalue weighted by molar-refractivity contribution is -0.138. The van der Waals surface area contributed by atoms with Crippen molar-refractivity contribution in [2.75, 3.05) is 19.5 Å². The van der Waals surface area contributed by atoms with Crippen molar-refractivity contribution in [3.05, 3.63) is 139 Å². The highest BCUT2D eigenvalue weighted by molar-refractivity contribution is 7.98. The number of thioether (sulfide) groups is 1. The molecule has 0 aliphatic carbocycles. The van der Waals surface area contributed by atoms with Crippen molar-refractivity contribution in [1.29, 1.82) is 0 Å². The van der Waals surface area contributed by atoms with Crippen LogP contribution in [0, 0.1) is 0 Å². The minimum absolute atomic E-state index is 0.177. The maximum atomic E-state index is 14.2. The predicted molar refractivity (Wildman–Crippen MR) is 179 cm³/mol. The average Bonchev–Trinajstić information content (AvgIpc) is 3.68. The van der Waals surface area contributed by atoms with Crippen molar-refractivity contribution >= 4 is 46.8 Å². The first kappa shape index (κ1) is 31.1. The molecule has 0 spiro atoms. The van der Waals surface area contributed by atoms with Gasteiger partial charge in [0.15, 0.2) is 4.80 Å². The molecule has 3 aromatic carbocycles. The molecule has 0 N–H and O–H groups in total. The molecule has 0 radical (unpaired) electrons. The fourth-order valence-corrected chi connectivity index (χ4v) is 6.66. The van der Waals surface area contributed by atoms with Gasteiger partial charge in [0.25, 0.3) is 5.56 Å². The fourth-order valence-electron chi connectivity index (χ4n) is 5.27. The number of carbonyl (C=O) groups is 2. The Hall–Kier alpha value is -4.93. The standard InChI is InChI=1S/C36H30N2O6S2/c1-4-42-34(40)25-13-9-12-24(20-25)28-19-16-26(44-28)21-29-33(39)38-32(23-14-17-27(45-3)18-15-23)30(35(41)43-5-2)31(37-36(38)46-29)22-10-7-6-8-11-22/h6-21,32H,4-5H2,1-3H3/b29-21-/t32-/m1/s1. The molecule has 46 heavy (non-hydrogen) atoms. The van der Waals surface area contributed by atoms with Crippen LogP contribution in [0.25, 0.3) is 23.1 Å². The Morgan fingerprint density at radius 2 is 1.63 bits per heavy atom. The van der Waals surface area contributed by atoms with E-state index in [0.29, 0.717) is 43.3 Å². The molecule has 8 nitrogen and oxygen atoms in total. The number of hydrogen-bond acceptors (Lipinski definition) is 9. The smallest absolute Gasteiger partial charge is 0.338 e. The monoisotopic (exact) mass is 650 g/mol. The van der Waals surface area contributed by atoms with Crippen molar-refractivity contribution < 1.29 is 23.5 Å². The minimum atomic E-state index is -0.763. The van der Waals surface area contributed by atoms with E-state index in [1.165, 1.54) is 11.3 Å². The summed E-state index contributed by atoms with van der Waals surface area (Å²) in [6, 6.07) is 27.0. The molecule has 0 saturated carbocycles. The van der Waals surface area contributed by atoms with Crippen molar-refractivity contribution in [2.24, 2.45) is 4.99 Å². The predicted octanol–water partition coefficient (Wildman–Crippen LogP) is 6.09. The van der Waals surface area contributed by atoms with E-state index in [0.717, 1.165) is 16.0 Å². The molecule has 2 aromatic heterocycles. The van der Waals surface area contributed by atoms with Crippen molar-refractivity contribution in [2.45, 2.75) is 24.8 Å². The van der Waals surface area contributed by atoms with Gasteiger partial charge in [-0.3, -0.25) is 9.36 Å². The summed E-state index contributed by atoms with van der Waals surface area (Å²) in [6.45, 7) is 3.97. The zero-order chi connectivity index (χ0) is 32.2. The van der Waals surface area contributed by atoms with Crippen LogP contribution in [0.4, 0.5) is 0 Å². The number of benzene rings is 3. The quantitative estimate of drug-likeness (QED) is 0.141. The summed E-state index contributed by atoms with van der Waals surface area (Å²) in [5.41, 5.74) is 3.08. The molecule has 1 aliphatic rings. The molecule has 10 heteroatoms. The Bertz CT molecular complexity index is 2130. The second-order valence-corrected chi connectivity index (χ2v) is 12.1. The number of thiazole rings is 1. The third-order valence-electron chi connectivity index (χ3n) is 7.36. The molecule has 0 fully saturated rings. The molecule has 0 amide bonds. The van der Waals surface area contributed by atoms with Crippen LogP contribution in [0.5, 0.6) is 0 Å². The van der Waals surface area contributed by atoms with Gasteiger partial charge < -0.3 is 13.9 Å². The Morgan fingerprint density at radius 3 is 2.35 bits per heavy atom. The molecule has 5 aromatic rings. The van der Waals surface area contributed by atoms with Crippen LogP contribution in [-0.4, -0.2) is 36.0 Å². The Morgan fingerprint density at radius 1 is 0.913 bits per heavy atom. The Kier molecular flexibility index (Phi) is 9.18. The average molecular weight is 651 g/mol. The van der Waals surface area contributed by atoms with Crippen molar-refractivity contribution in [1.82, 2.24) is 4.57 Å². The lowest BCUT2D eigenvalue weighted by atomic mass is 9.93. The lowest BCUT2D eigenvalue weighted by Crippen LogP contribution is -2.40. The van der Waals surface area contributed by atoms with E-state index in [4.69, 9.17) is 18.9 Å². The number of ether oxygens (including phenoxy) is 2. The Labute approximate surface area is 273 Å². The topological polar surface area (TPSA) is 100 Å². The van der Waals surface area contributed by atoms with Crippen molar-refractivity contribution in [3.8, 4) is 11.3 Å². The van der Waals surface area contributed by atoms with E-state index in [2.05, 4.69) is 0 Å². The van der Waals surface area contributed by atoms with Gasteiger partial charge in [-0.1, -0.05) is 65.9 Å². The normalized spacial score (nSPS) is 14.5. The van der Waals surface area contributed by atoms with Crippen LogP contribution in [0.15, 0.2) is 116 Å². The summed E-state index contributed by atoms with van der Waals surface area (Å²) in [7, 11) is 0. The maximum Gasteiger partial charge on any atom is 0.338 e. The molecule has 232 valence electrons. The highest BCUT2D eigenvalue weighted by Gasteiger charge is 2.35. The number of furan rings is 1. The van der Waals surface area contributed by atoms with E-state index in [-0.39, 0.29) is 18.8 Å². The number of fused-ring (bicyclic) bond motifs is 1. The van der Waals surface area contributed by atoms with E-state index in [9.17, 15) is 14.4 Å². The number of esters is 2. The molecule has 0 saturated heterocycles. The number of hydrogen-bond donors (Lipinski definition) is 0. The van der Waals surface area contributed by atoms with Crippen LogP contribution in [-0.2, 0) is 14.3 Å². The van der Waals surface area contributed by atoms with Gasteiger partial charge in [-0.05, 0) is 62.1 Å². The summed E-state index contributed by atoms with van der Waals surface area (Å²) in [5.74, 6) is 0.0504. The van der Waals surface area contributed by atoms with Gasteiger partial charge in [-0.2, -0.15) is 0 Å². The molecule has 3 heterocycles. The van der Waals surface area contributed by atoms with Gasteiger partial charge in [0.1, 0.15) is 11.5 Å². The number of rotatable bonds is 9. The molecule has 0 unspecified atom stereocenters. The second kappa shape index (κ2) is 13.6. The zero-order valence-electron chi connectivity index (χ0n) is 25.4. The minimum Gasteiger partial charge on any atom is -0.463 e. The van der Waals surface area contributed by atoms with E-state index in [1.807, 2.05) is 66.9 Å². The lowest BCUT2D eigenvalue weighted by Gasteiger charge is -2.26. The van der Waals surface area contributed by atoms with E-state index >= 15 is 0 Å². The Balaban J connectivity index is 1.50. The summed E-state index contributed by atoms with van der Waals surface area (Å²) >= 11 is 2.83. The van der Waals surface area contributed by atoms with Crippen molar-refractivity contribution in [3.63, 3.8) is 0 Å². The van der Waals surface area contributed by atoms with Crippen LogP contribution in [0.1, 0.15) is 47.1 Å². The van der Waals surface area contributed by atoms with Gasteiger partial charge in [-0.15, -0.1) is 11.8 Å². The molecule has 6 rings (SSSR count). The summed E-state index contributed by atoms with van der Waals surface area (Å²) in [4.78, 5) is 46.5. The molecular weight excluding hydrogens is 621 g/mol. The summed E-state index contributed by atoms with van der Waals surface area (Å²) in [6.07, 6.45) is 3.67. The zero-order valence-corrected chi connectivity index (χ0v) is 27.0. The van der Waals surface area contributed by atoms with Crippen LogP contribution in [0.3, 0.4) is 0 Å². The van der Waals surface area contributed by atoms with Crippen LogP contribution in [0.2, 0.25) is 0 Å². The van der Waals surface area contributed by atoms with Gasteiger partial charge in [0.2, 0.25) is 0 Å². The highest BCUT2D eigenvalue weighted by atomic mass is 32.2. The first-order valence-corrected chi connectivity index (χ1v) is 16.8. The first-order valence-electron chi connectivity index (χ1n) is 14.7.